The molecule has 0 fully saturated rings. The zero-order chi connectivity index (χ0) is 14.3. The smallest absolute Gasteiger partial charge is 0.223 e. The van der Waals surface area contributed by atoms with Gasteiger partial charge in [-0.05, 0) is 47.5 Å². The Morgan fingerprint density at radius 2 is 2.32 bits per heavy atom. The van der Waals surface area contributed by atoms with Crippen LogP contribution >= 0.6 is 27.5 Å². The van der Waals surface area contributed by atoms with Crippen molar-refractivity contribution >= 4 is 33.4 Å². The van der Waals surface area contributed by atoms with Crippen LogP contribution in [0.3, 0.4) is 0 Å². The molecular formula is C13H18BrClN2O2. The van der Waals surface area contributed by atoms with Crippen molar-refractivity contribution in [3.63, 3.8) is 0 Å². The van der Waals surface area contributed by atoms with Gasteiger partial charge in [-0.2, -0.15) is 0 Å². The summed E-state index contributed by atoms with van der Waals surface area (Å²) in [5.41, 5.74) is 5.59. The molecule has 1 atom stereocenters. The number of nitrogens with one attached hydrogen (secondary N) is 1. The maximum atomic E-state index is 11.5. The van der Waals surface area contributed by atoms with Crippen LogP contribution in [-0.2, 0) is 4.79 Å². The molecule has 0 bridgehead atoms. The molecule has 0 aliphatic rings. The number of hydrogen-bond donors (Lipinski definition) is 2. The van der Waals surface area contributed by atoms with E-state index < -0.39 is 0 Å². The van der Waals surface area contributed by atoms with Gasteiger partial charge in [0.15, 0.2) is 0 Å². The molecule has 19 heavy (non-hydrogen) atoms. The summed E-state index contributed by atoms with van der Waals surface area (Å²) in [4.78, 5) is 11.5. The predicted molar refractivity (Wildman–Crippen MR) is 80.5 cm³/mol. The number of ether oxygens (including phenoxy) is 1. The number of hydrogen-bond acceptors (Lipinski definition) is 3. The second-order valence-electron chi connectivity index (χ2n) is 4.29. The van der Waals surface area contributed by atoms with Crippen molar-refractivity contribution in [2.45, 2.75) is 25.8 Å². The molecule has 0 aliphatic heterocycles. The number of carbonyl (C=O) groups excluding carboxylic acids is 1. The minimum atomic E-state index is -0.0364. The SMILES string of the molecule is CC(N)CCNC(=O)CCOc1ccc(Cl)cc1Br. The van der Waals surface area contributed by atoms with E-state index in [1.165, 1.54) is 0 Å². The number of nitrogens with two attached hydrogens (primary N) is 1. The number of amides is 1. The van der Waals surface area contributed by atoms with Gasteiger partial charge in [0.1, 0.15) is 5.75 Å². The standard InChI is InChI=1S/C13H18BrClN2O2/c1-9(16)4-6-17-13(18)5-7-19-12-3-2-10(15)8-11(12)14/h2-3,8-9H,4-7,16H2,1H3,(H,17,18). The first-order valence-corrected chi connectivity index (χ1v) is 7.26. The Morgan fingerprint density at radius 3 is 2.95 bits per heavy atom. The minimum absolute atomic E-state index is 0.0364. The summed E-state index contributed by atoms with van der Waals surface area (Å²) in [6, 6.07) is 5.35. The van der Waals surface area contributed by atoms with Crippen LogP contribution in [0.1, 0.15) is 19.8 Å². The number of rotatable bonds is 7. The highest BCUT2D eigenvalue weighted by Crippen LogP contribution is 2.27. The van der Waals surface area contributed by atoms with Crippen LogP contribution in [0.4, 0.5) is 0 Å². The van der Waals surface area contributed by atoms with Gasteiger partial charge in [-0.25, -0.2) is 0 Å². The molecule has 1 amide bonds. The van der Waals surface area contributed by atoms with E-state index in [1.54, 1.807) is 18.2 Å². The van der Waals surface area contributed by atoms with Crippen LogP contribution < -0.4 is 15.8 Å². The van der Waals surface area contributed by atoms with Gasteiger partial charge in [0.25, 0.3) is 0 Å². The van der Waals surface area contributed by atoms with Gasteiger partial charge < -0.3 is 15.8 Å². The van der Waals surface area contributed by atoms with Gasteiger partial charge in [-0.1, -0.05) is 11.6 Å². The summed E-state index contributed by atoms with van der Waals surface area (Å²) in [7, 11) is 0. The zero-order valence-electron chi connectivity index (χ0n) is 10.8. The fourth-order valence-corrected chi connectivity index (χ4v) is 2.17. The third-order valence-corrected chi connectivity index (χ3v) is 3.26. The molecule has 3 N–H and O–H groups in total. The second kappa shape index (κ2) is 8.40. The first-order valence-electron chi connectivity index (χ1n) is 6.09. The zero-order valence-corrected chi connectivity index (χ0v) is 13.1. The summed E-state index contributed by atoms with van der Waals surface area (Å²) in [5, 5.41) is 3.42. The van der Waals surface area contributed by atoms with E-state index in [0.717, 1.165) is 10.9 Å². The van der Waals surface area contributed by atoms with Crippen molar-refractivity contribution in [3.05, 3.63) is 27.7 Å². The van der Waals surface area contributed by atoms with Gasteiger partial charge in [0.05, 0.1) is 17.5 Å². The van der Waals surface area contributed by atoms with E-state index in [-0.39, 0.29) is 11.9 Å². The lowest BCUT2D eigenvalue weighted by Gasteiger charge is -2.09. The fraction of sp³-hybridized carbons (Fsp3) is 0.462. The molecule has 1 unspecified atom stereocenters. The van der Waals surface area contributed by atoms with Crippen molar-refractivity contribution in [2.24, 2.45) is 5.73 Å². The first kappa shape index (κ1) is 16.3. The maximum absolute atomic E-state index is 11.5. The lowest BCUT2D eigenvalue weighted by atomic mass is 10.2. The van der Waals surface area contributed by atoms with E-state index in [0.29, 0.717) is 30.3 Å². The third-order valence-electron chi connectivity index (χ3n) is 2.40. The molecule has 0 aliphatic carbocycles. The van der Waals surface area contributed by atoms with Gasteiger partial charge in [-0.15, -0.1) is 0 Å². The molecule has 0 aromatic heterocycles. The molecular weight excluding hydrogens is 332 g/mol. The fourth-order valence-electron chi connectivity index (χ4n) is 1.37. The molecule has 1 aromatic carbocycles. The maximum Gasteiger partial charge on any atom is 0.223 e. The Bertz CT molecular complexity index is 427. The quantitative estimate of drug-likeness (QED) is 0.795. The number of carbonyl (C=O) groups is 1. The molecule has 0 saturated heterocycles. The van der Waals surface area contributed by atoms with Gasteiger partial charge in [0, 0.05) is 17.6 Å². The molecule has 0 radical (unpaired) electrons. The summed E-state index contributed by atoms with van der Waals surface area (Å²) in [6.45, 7) is 2.83. The molecule has 0 heterocycles. The summed E-state index contributed by atoms with van der Waals surface area (Å²) >= 11 is 9.17. The van der Waals surface area contributed by atoms with E-state index in [1.807, 2.05) is 6.92 Å². The summed E-state index contributed by atoms with van der Waals surface area (Å²) < 4.78 is 6.27. The van der Waals surface area contributed by atoms with Crippen LogP contribution in [0.15, 0.2) is 22.7 Å². The van der Waals surface area contributed by atoms with Gasteiger partial charge >= 0.3 is 0 Å². The van der Waals surface area contributed by atoms with E-state index in [2.05, 4.69) is 21.2 Å². The van der Waals surface area contributed by atoms with Crippen molar-refractivity contribution < 1.29 is 9.53 Å². The molecule has 6 heteroatoms. The monoisotopic (exact) mass is 348 g/mol. The van der Waals surface area contributed by atoms with Crippen LogP contribution in [0.5, 0.6) is 5.75 Å². The van der Waals surface area contributed by atoms with E-state index in [4.69, 9.17) is 22.1 Å². The second-order valence-corrected chi connectivity index (χ2v) is 5.58. The van der Waals surface area contributed by atoms with Gasteiger partial charge in [-0.3, -0.25) is 4.79 Å². The Hall–Kier alpha value is -0.780. The van der Waals surface area contributed by atoms with Crippen molar-refractivity contribution in [2.75, 3.05) is 13.2 Å². The van der Waals surface area contributed by atoms with E-state index >= 15 is 0 Å². The lowest BCUT2D eigenvalue weighted by Crippen LogP contribution is -2.29. The largest absolute Gasteiger partial charge is 0.492 e. The van der Waals surface area contributed by atoms with Gasteiger partial charge in [0.2, 0.25) is 5.91 Å². The Morgan fingerprint density at radius 1 is 1.58 bits per heavy atom. The molecule has 0 saturated carbocycles. The highest BCUT2D eigenvalue weighted by atomic mass is 79.9. The predicted octanol–water partition coefficient (Wildman–Crippen LogP) is 2.72. The number of halogens is 2. The summed E-state index contributed by atoms with van der Waals surface area (Å²) in [5.74, 6) is 0.638. The first-order chi connectivity index (χ1) is 8.99. The highest BCUT2D eigenvalue weighted by molar-refractivity contribution is 9.10. The van der Waals surface area contributed by atoms with Crippen molar-refractivity contribution in [3.8, 4) is 5.75 Å². The Balaban J connectivity index is 2.24. The average molecular weight is 350 g/mol. The molecule has 1 aromatic rings. The molecule has 1 rings (SSSR count). The molecule has 4 nitrogen and oxygen atoms in total. The van der Waals surface area contributed by atoms with Crippen LogP contribution in [-0.4, -0.2) is 25.1 Å². The van der Waals surface area contributed by atoms with Crippen LogP contribution in [0.25, 0.3) is 0 Å². The minimum Gasteiger partial charge on any atom is -0.492 e. The molecule has 0 spiro atoms. The Kier molecular flexibility index (Phi) is 7.20. The van der Waals surface area contributed by atoms with Crippen LogP contribution in [0, 0.1) is 0 Å². The average Bonchev–Trinajstić information content (AvgIpc) is 2.31. The Labute approximate surface area is 126 Å². The topological polar surface area (TPSA) is 64.3 Å². The highest BCUT2D eigenvalue weighted by Gasteiger charge is 2.05. The molecule has 106 valence electrons. The van der Waals surface area contributed by atoms with Crippen LogP contribution in [0.2, 0.25) is 5.02 Å². The lowest BCUT2D eigenvalue weighted by molar-refractivity contribution is -0.121. The summed E-state index contributed by atoms with van der Waals surface area (Å²) in [6.07, 6.45) is 1.09. The van der Waals surface area contributed by atoms with E-state index in [9.17, 15) is 4.79 Å². The third kappa shape index (κ3) is 6.80. The van der Waals surface area contributed by atoms with Crippen molar-refractivity contribution in [1.29, 1.82) is 0 Å². The normalized spacial score (nSPS) is 12.0. The number of benzene rings is 1. The van der Waals surface area contributed by atoms with Crippen molar-refractivity contribution in [1.82, 2.24) is 5.32 Å².